The van der Waals surface area contributed by atoms with Crippen LogP contribution in [0, 0.1) is 6.92 Å². The van der Waals surface area contributed by atoms with Gasteiger partial charge in [-0.2, -0.15) is 0 Å². The van der Waals surface area contributed by atoms with Crippen molar-refractivity contribution in [3.63, 3.8) is 0 Å². The van der Waals surface area contributed by atoms with Crippen LogP contribution in [0.15, 0.2) is 18.2 Å². The number of anilines is 1. The number of aryl methyl sites for hydroxylation is 1. The molecule has 0 spiro atoms. The van der Waals surface area contributed by atoms with Crippen molar-refractivity contribution < 1.29 is 10.2 Å². The summed E-state index contributed by atoms with van der Waals surface area (Å²) in [5, 5.41) is 21.0. The fourth-order valence-corrected chi connectivity index (χ4v) is 1.08. The summed E-state index contributed by atoms with van der Waals surface area (Å²) < 4.78 is 0. The van der Waals surface area contributed by atoms with E-state index in [1.807, 2.05) is 19.1 Å². The Kier molecular flexibility index (Phi) is 3.58. The van der Waals surface area contributed by atoms with Crippen molar-refractivity contribution >= 4 is 5.69 Å². The van der Waals surface area contributed by atoms with Gasteiger partial charge in [-0.1, -0.05) is 0 Å². The molecule has 72 valence electrons. The quantitative estimate of drug-likeness (QED) is 0.487. The van der Waals surface area contributed by atoms with Gasteiger partial charge >= 0.3 is 0 Å². The zero-order valence-corrected chi connectivity index (χ0v) is 7.75. The number of aliphatic hydroxyl groups is 1. The first kappa shape index (κ1) is 9.86. The molecule has 0 bridgehead atoms. The monoisotopic (exact) mass is 181 g/mol. The number of nitrogens with one attached hydrogen (secondary N) is 1. The second-order valence-electron chi connectivity index (χ2n) is 3.01. The Morgan fingerprint density at radius 1 is 1.38 bits per heavy atom. The van der Waals surface area contributed by atoms with Crippen molar-refractivity contribution in [3.8, 4) is 5.75 Å². The number of hydrogen-bond acceptors (Lipinski definition) is 3. The van der Waals surface area contributed by atoms with Crippen LogP contribution in [-0.2, 0) is 0 Å². The highest BCUT2D eigenvalue weighted by Crippen LogP contribution is 2.19. The molecule has 0 aliphatic heterocycles. The van der Waals surface area contributed by atoms with Gasteiger partial charge in [0.2, 0.25) is 0 Å². The standard InChI is InChI=1S/C10H15NO2/c1-8-7-9(3-4-10(8)13)11-5-2-6-12/h3-4,7,11-13H,2,5-6H2,1H3. The van der Waals surface area contributed by atoms with Gasteiger partial charge in [-0.15, -0.1) is 0 Å². The molecule has 13 heavy (non-hydrogen) atoms. The summed E-state index contributed by atoms with van der Waals surface area (Å²) in [6, 6.07) is 5.36. The molecule has 0 fully saturated rings. The van der Waals surface area contributed by atoms with E-state index in [2.05, 4.69) is 5.32 Å². The molecule has 0 saturated carbocycles. The Morgan fingerprint density at radius 2 is 2.15 bits per heavy atom. The third kappa shape index (κ3) is 2.95. The van der Waals surface area contributed by atoms with E-state index in [1.165, 1.54) is 0 Å². The second kappa shape index (κ2) is 4.72. The SMILES string of the molecule is Cc1cc(NCCCO)ccc1O. The van der Waals surface area contributed by atoms with E-state index in [0.717, 1.165) is 24.2 Å². The molecule has 3 N–H and O–H groups in total. The van der Waals surface area contributed by atoms with Crippen molar-refractivity contribution in [1.29, 1.82) is 0 Å². The molecule has 0 saturated heterocycles. The molecule has 0 unspecified atom stereocenters. The lowest BCUT2D eigenvalue weighted by atomic mass is 10.2. The third-order valence-electron chi connectivity index (χ3n) is 1.86. The molecule has 0 aliphatic rings. The number of phenols is 1. The average Bonchev–Trinajstić information content (AvgIpc) is 2.12. The molecular formula is C10H15NO2. The Morgan fingerprint density at radius 3 is 2.77 bits per heavy atom. The second-order valence-corrected chi connectivity index (χ2v) is 3.01. The number of aromatic hydroxyl groups is 1. The number of phenolic OH excluding ortho intramolecular Hbond substituents is 1. The molecule has 1 rings (SSSR count). The minimum Gasteiger partial charge on any atom is -0.508 e. The van der Waals surface area contributed by atoms with Crippen molar-refractivity contribution in [1.82, 2.24) is 0 Å². The number of aliphatic hydroxyl groups excluding tert-OH is 1. The van der Waals surface area contributed by atoms with Gasteiger partial charge in [0.1, 0.15) is 5.75 Å². The molecule has 0 heterocycles. The van der Waals surface area contributed by atoms with Crippen LogP contribution in [0.1, 0.15) is 12.0 Å². The van der Waals surface area contributed by atoms with Crippen LogP contribution in [0.25, 0.3) is 0 Å². The molecule has 0 aliphatic carbocycles. The minimum atomic E-state index is 0.198. The Labute approximate surface area is 78.0 Å². The minimum absolute atomic E-state index is 0.198. The molecule has 1 aromatic carbocycles. The summed E-state index contributed by atoms with van der Waals surface area (Å²) in [4.78, 5) is 0. The zero-order chi connectivity index (χ0) is 9.68. The summed E-state index contributed by atoms with van der Waals surface area (Å²) in [6.07, 6.45) is 0.736. The van der Waals surface area contributed by atoms with Gasteiger partial charge in [-0.05, 0) is 37.1 Å². The molecule has 0 amide bonds. The van der Waals surface area contributed by atoms with E-state index in [-0.39, 0.29) is 6.61 Å². The molecular weight excluding hydrogens is 166 g/mol. The lowest BCUT2D eigenvalue weighted by molar-refractivity contribution is 0.292. The van der Waals surface area contributed by atoms with Gasteiger partial charge in [0.15, 0.2) is 0 Å². The maximum absolute atomic E-state index is 9.25. The topological polar surface area (TPSA) is 52.5 Å². The van der Waals surface area contributed by atoms with E-state index in [1.54, 1.807) is 6.07 Å². The first-order valence-corrected chi connectivity index (χ1v) is 4.38. The van der Waals surface area contributed by atoms with Crippen molar-refractivity contribution in [2.45, 2.75) is 13.3 Å². The number of rotatable bonds is 4. The fourth-order valence-electron chi connectivity index (χ4n) is 1.08. The van der Waals surface area contributed by atoms with Crippen LogP contribution >= 0.6 is 0 Å². The van der Waals surface area contributed by atoms with Crippen LogP contribution < -0.4 is 5.32 Å². The summed E-state index contributed by atoms with van der Waals surface area (Å²) in [7, 11) is 0. The summed E-state index contributed by atoms with van der Waals surface area (Å²) >= 11 is 0. The van der Waals surface area contributed by atoms with Crippen LogP contribution in [0.3, 0.4) is 0 Å². The maximum Gasteiger partial charge on any atom is 0.118 e. The van der Waals surface area contributed by atoms with Crippen molar-refractivity contribution in [2.24, 2.45) is 0 Å². The number of benzene rings is 1. The highest BCUT2D eigenvalue weighted by molar-refractivity contribution is 5.50. The molecule has 3 heteroatoms. The lowest BCUT2D eigenvalue weighted by Gasteiger charge is -2.06. The van der Waals surface area contributed by atoms with Gasteiger partial charge < -0.3 is 15.5 Å². The largest absolute Gasteiger partial charge is 0.508 e. The first-order valence-electron chi connectivity index (χ1n) is 4.38. The van der Waals surface area contributed by atoms with Gasteiger partial charge in [0.05, 0.1) is 0 Å². The lowest BCUT2D eigenvalue weighted by Crippen LogP contribution is -2.03. The molecule has 0 aromatic heterocycles. The van der Waals surface area contributed by atoms with Crippen molar-refractivity contribution in [3.05, 3.63) is 23.8 Å². The van der Waals surface area contributed by atoms with Gasteiger partial charge in [-0.3, -0.25) is 0 Å². The first-order chi connectivity index (χ1) is 6.24. The fraction of sp³-hybridized carbons (Fsp3) is 0.400. The predicted octanol–water partition coefficient (Wildman–Crippen LogP) is 1.49. The molecule has 3 nitrogen and oxygen atoms in total. The molecule has 0 radical (unpaired) electrons. The van der Waals surface area contributed by atoms with Gasteiger partial charge in [0, 0.05) is 18.8 Å². The molecule has 0 atom stereocenters. The normalized spacial score (nSPS) is 10.0. The van der Waals surface area contributed by atoms with E-state index in [9.17, 15) is 5.11 Å². The van der Waals surface area contributed by atoms with Gasteiger partial charge in [0.25, 0.3) is 0 Å². The maximum atomic E-state index is 9.25. The van der Waals surface area contributed by atoms with Crippen LogP contribution in [0.2, 0.25) is 0 Å². The Hall–Kier alpha value is -1.22. The summed E-state index contributed by atoms with van der Waals surface area (Å²) in [5.74, 6) is 0.313. The van der Waals surface area contributed by atoms with Crippen LogP contribution in [-0.4, -0.2) is 23.4 Å². The average molecular weight is 181 g/mol. The highest BCUT2D eigenvalue weighted by Gasteiger charge is 1.96. The van der Waals surface area contributed by atoms with Crippen LogP contribution in [0.4, 0.5) is 5.69 Å². The van der Waals surface area contributed by atoms with Crippen LogP contribution in [0.5, 0.6) is 5.75 Å². The number of hydrogen-bond donors (Lipinski definition) is 3. The van der Waals surface area contributed by atoms with E-state index in [4.69, 9.17) is 5.11 Å². The Balaban J connectivity index is 2.53. The van der Waals surface area contributed by atoms with E-state index >= 15 is 0 Å². The van der Waals surface area contributed by atoms with E-state index < -0.39 is 0 Å². The zero-order valence-electron chi connectivity index (χ0n) is 7.75. The Bertz CT molecular complexity index is 274. The summed E-state index contributed by atoms with van der Waals surface area (Å²) in [5.41, 5.74) is 1.83. The smallest absolute Gasteiger partial charge is 0.118 e. The molecule has 1 aromatic rings. The summed E-state index contributed by atoms with van der Waals surface area (Å²) in [6.45, 7) is 2.80. The van der Waals surface area contributed by atoms with Gasteiger partial charge in [-0.25, -0.2) is 0 Å². The predicted molar refractivity (Wildman–Crippen MR) is 53.0 cm³/mol. The van der Waals surface area contributed by atoms with Crippen molar-refractivity contribution in [2.75, 3.05) is 18.5 Å². The third-order valence-corrected chi connectivity index (χ3v) is 1.86. The highest BCUT2D eigenvalue weighted by atomic mass is 16.3. The van der Waals surface area contributed by atoms with E-state index in [0.29, 0.717) is 5.75 Å².